The lowest BCUT2D eigenvalue weighted by Gasteiger charge is -2.12. The fourth-order valence-electron chi connectivity index (χ4n) is 1.55. The van der Waals surface area contributed by atoms with Crippen LogP contribution in [0.15, 0.2) is 55.9 Å². The topological polar surface area (TPSA) is 88.0 Å². The molecule has 0 fully saturated rings. The first-order valence-electron chi connectivity index (χ1n) is 5.76. The van der Waals surface area contributed by atoms with Crippen LogP contribution in [0, 0.1) is 0 Å². The zero-order chi connectivity index (χ0) is 15.5. The van der Waals surface area contributed by atoms with Gasteiger partial charge in [-0.3, -0.25) is 0 Å². The fraction of sp³-hybridized carbons (Fsp3) is 0.154. The van der Waals surface area contributed by atoms with E-state index in [2.05, 4.69) is 9.13 Å². The molecule has 0 spiro atoms. The maximum atomic E-state index is 12.2. The van der Waals surface area contributed by atoms with Crippen LogP contribution in [0.25, 0.3) is 0 Å². The molecule has 0 aromatic heterocycles. The number of rotatable bonds is 4. The standard InChI is InChI=1S/C13H13NO5S2/c1-18-9-3-5-10(6-4-9)21(16,17)14-11-7-8-20-12(11)13(15)19-2/h3-8,15H,1-2H3/p-1. The van der Waals surface area contributed by atoms with E-state index in [0.29, 0.717) is 5.75 Å². The molecule has 2 rings (SSSR count). The predicted molar refractivity (Wildman–Crippen MR) is 78.4 cm³/mol. The second-order valence-corrected chi connectivity index (χ2v) is 6.39. The Bertz CT molecular complexity index is 717. The van der Waals surface area contributed by atoms with Crippen molar-refractivity contribution in [1.82, 2.24) is 0 Å². The van der Waals surface area contributed by atoms with Crippen molar-refractivity contribution in [3.8, 4) is 5.75 Å². The van der Waals surface area contributed by atoms with Gasteiger partial charge in [0.25, 0.3) is 10.0 Å². The van der Waals surface area contributed by atoms with Crippen LogP contribution in [0.1, 0.15) is 0 Å². The van der Waals surface area contributed by atoms with Gasteiger partial charge in [-0.2, -0.15) is 12.8 Å². The van der Waals surface area contributed by atoms with Crippen LogP contribution in [0.3, 0.4) is 0 Å². The van der Waals surface area contributed by atoms with Crippen molar-refractivity contribution < 1.29 is 23.0 Å². The van der Waals surface area contributed by atoms with Crippen molar-refractivity contribution in [3.63, 3.8) is 0 Å². The second-order valence-electron chi connectivity index (χ2n) is 3.87. The van der Waals surface area contributed by atoms with E-state index >= 15 is 0 Å². The number of nitrogens with zero attached hydrogens (tertiary/aromatic N) is 1. The van der Waals surface area contributed by atoms with Crippen LogP contribution >= 0.6 is 11.8 Å². The van der Waals surface area contributed by atoms with Gasteiger partial charge in [0, 0.05) is 0 Å². The van der Waals surface area contributed by atoms with Crippen LogP contribution in [-0.4, -0.2) is 28.3 Å². The van der Waals surface area contributed by atoms with Crippen molar-refractivity contribution in [3.05, 3.63) is 46.6 Å². The van der Waals surface area contributed by atoms with Crippen LogP contribution in [-0.2, 0) is 14.8 Å². The van der Waals surface area contributed by atoms with Gasteiger partial charge in [0.1, 0.15) is 5.75 Å². The number of benzene rings is 1. The van der Waals surface area contributed by atoms with Crippen LogP contribution in [0.4, 0.5) is 0 Å². The van der Waals surface area contributed by atoms with Crippen LogP contribution in [0.2, 0.25) is 0 Å². The van der Waals surface area contributed by atoms with Gasteiger partial charge in [0.2, 0.25) is 0 Å². The number of ether oxygens (including phenoxy) is 2. The maximum absolute atomic E-state index is 12.2. The van der Waals surface area contributed by atoms with Crippen molar-refractivity contribution in [2.45, 2.75) is 4.90 Å². The summed E-state index contributed by atoms with van der Waals surface area (Å²) >= 11 is 1.07. The summed E-state index contributed by atoms with van der Waals surface area (Å²) in [6, 6.07) is 5.83. The molecule has 8 heteroatoms. The molecule has 1 aliphatic rings. The number of allylic oxidation sites excluding steroid dienone is 2. The zero-order valence-electron chi connectivity index (χ0n) is 11.3. The molecule has 0 amide bonds. The smallest absolute Gasteiger partial charge is 0.282 e. The third-order valence-corrected chi connectivity index (χ3v) is 4.78. The van der Waals surface area contributed by atoms with Gasteiger partial charge in [0.15, 0.2) is 0 Å². The lowest BCUT2D eigenvalue weighted by molar-refractivity contribution is -0.353. The molecule has 0 aliphatic carbocycles. The molecule has 1 heterocycles. The largest absolute Gasteiger partial charge is 0.616 e. The maximum Gasteiger partial charge on any atom is 0.282 e. The molecule has 0 N–H and O–H groups in total. The summed E-state index contributed by atoms with van der Waals surface area (Å²) in [5.41, 5.74) is 0.0719. The van der Waals surface area contributed by atoms with Gasteiger partial charge in [-0.25, -0.2) is 0 Å². The summed E-state index contributed by atoms with van der Waals surface area (Å²) in [7, 11) is -1.19. The van der Waals surface area contributed by atoms with Crippen LogP contribution < -0.4 is 9.84 Å². The third kappa shape index (κ3) is 3.40. The Kier molecular flexibility index (Phi) is 4.59. The quantitative estimate of drug-likeness (QED) is 0.774. The lowest BCUT2D eigenvalue weighted by atomic mass is 10.3. The lowest BCUT2D eigenvalue weighted by Crippen LogP contribution is -2.12. The van der Waals surface area contributed by atoms with E-state index in [1.165, 1.54) is 44.6 Å². The molecule has 112 valence electrons. The minimum absolute atomic E-state index is 0.0188. The van der Waals surface area contributed by atoms with Crippen molar-refractivity contribution in [2.75, 3.05) is 14.2 Å². The normalized spacial score (nSPS) is 18.9. The molecule has 0 bridgehead atoms. The monoisotopic (exact) mass is 326 g/mol. The van der Waals surface area contributed by atoms with E-state index in [0.717, 1.165) is 11.8 Å². The highest BCUT2D eigenvalue weighted by atomic mass is 32.2. The van der Waals surface area contributed by atoms with E-state index in [1.54, 1.807) is 5.41 Å². The fourth-order valence-corrected chi connectivity index (χ4v) is 3.35. The summed E-state index contributed by atoms with van der Waals surface area (Å²) in [4.78, 5) is 0.167. The molecule has 0 saturated heterocycles. The van der Waals surface area contributed by atoms with E-state index in [9.17, 15) is 13.5 Å². The SMILES string of the molecule is COC([O-])=C1SC=CC1=NS(=O)(=O)c1ccc(OC)cc1. The molecular formula is C13H12NO5S2-. The summed E-state index contributed by atoms with van der Waals surface area (Å²) in [5.74, 6) is -0.0755. The third-order valence-electron chi connectivity index (χ3n) is 2.59. The van der Waals surface area contributed by atoms with Crippen molar-refractivity contribution in [1.29, 1.82) is 0 Å². The average molecular weight is 326 g/mol. The molecule has 0 atom stereocenters. The first kappa shape index (κ1) is 15.5. The molecule has 1 aromatic rings. The number of hydrogen-bond donors (Lipinski definition) is 0. The first-order valence-corrected chi connectivity index (χ1v) is 8.08. The Morgan fingerprint density at radius 2 is 1.90 bits per heavy atom. The Labute approximate surface area is 126 Å². The number of hydrogen-bond acceptors (Lipinski definition) is 6. The predicted octanol–water partition coefficient (Wildman–Crippen LogP) is 1.26. The first-order chi connectivity index (χ1) is 9.97. The van der Waals surface area contributed by atoms with Crippen molar-refractivity contribution >= 4 is 27.5 Å². The van der Waals surface area contributed by atoms with Gasteiger partial charge in [-0.1, -0.05) is 11.8 Å². The van der Waals surface area contributed by atoms with Gasteiger partial charge < -0.3 is 14.6 Å². The Balaban J connectivity index is 2.40. The Morgan fingerprint density at radius 3 is 2.48 bits per heavy atom. The number of sulfonamides is 1. The van der Waals surface area contributed by atoms with E-state index in [1.807, 2.05) is 0 Å². The van der Waals surface area contributed by atoms with E-state index in [4.69, 9.17) is 4.74 Å². The second kappa shape index (κ2) is 6.23. The highest BCUT2D eigenvalue weighted by Gasteiger charge is 2.19. The molecule has 0 unspecified atom stereocenters. The molecule has 0 saturated carbocycles. The number of thioether (sulfide) groups is 1. The van der Waals surface area contributed by atoms with Gasteiger partial charge >= 0.3 is 0 Å². The van der Waals surface area contributed by atoms with E-state index < -0.39 is 16.0 Å². The molecule has 1 aromatic carbocycles. The van der Waals surface area contributed by atoms with Gasteiger partial charge in [-0.05, 0) is 42.9 Å². The zero-order valence-corrected chi connectivity index (χ0v) is 12.9. The highest BCUT2D eigenvalue weighted by Crippen LogP contribution is 2.29. The Morgan fingerprint density at radius 1 is 1.24 bits per heavy atom. The summed E-state index contributed by atoms with van der Waals surface area (Å²) < 4.78 is 37.7. The number of methoxy groups -OCH3 is 2. The molecule has 1 aliphatic heterocycles. The van der Waals surface area contributed by atoms with Gasteiger partial charge in [-0.15, -0.1) is 0 Å². The Hall–Kier alpha value is -1.93. The molecule has 6 nitrogen and oxygen atoms in total. The minimum Gasteiger partial charge on any atom is -0.616 e. The highest BCUT2D eigenvalue weighted by molar-refractivity contribution is 8.07. The minimum atomic E-state index is -3.90. The van der Waals surface area contributed by atoms with Gasteiger partial charge in [0.05, 0.1) is 28.6 Å². The molecule has 0 radical (unpaired) electrons. The van der Waals surface area contributed by atoms with E-state index in [-0.39, 0.29) is 15.5 Å². The average Bonchev–Trinajstić information content (AvgIpc) is 2.94. The van der Waals surface area contributed by atoms with Crippen molar-refractivity contribution in [2.24, 2.45) is 4.40 Å². The summed E-state index contributed by atoms with van der Waals surface area (Å²) in [5, 5.41) is 13.1. The molecular weight excluding hydrogens is 314 g/mol. The summed E-state index contributed by atoms with van der Waals surface area (Å²) in [6.45, 7) is 0. The summed E-state index contributed by atoms with van der Waals surface area (Å²) in [6.07, 6.45) is 1.46. The van der Waals surface area contributed by atoms with Crippen LogP contribution in [0.5, 0.6) is 5.75 Å². The molecule has 21 heavy (non-hydrogen) atoms.